The number of benzene rings is 1. The number of halogens is 1. The Kier molecular flexibility index (Phi) is 8.34. The van der Waals surface area contributed by atoms with E-state index in [2.05, 4.69) is 11.6 Å². The van der Waals surface area contributed by atoms with E-state index in [9.17, 15) is 9.00 Å². The first-order chi connectivity index (χ1) is 11.2. The van der Waals surface area contributed by atoms with Crippen molar-refractivity contribution in [3.63, 3.8) is 0 Å². The molecule has 134 valence electrons. The van der Waals surface area contributed by atoms with Gasteiger partial charge in [0.05, 0.1) is 21.8 Å². The first-order valence-corrected chi connectivity index (χ1v) is 9.84. The molecule has 0 amide bonds. The van der Waals surface area contributed by atoms with Crippen molar-refractivity contribution >= 4 is 28.4 Å². The summed E-state index contributed by atoms with van der Waals surface area (Å²) in [5, 5.41) is 0.559. The molecule has 0 saturated carbocycles. The second-order valence-electron chi connectivity index (χ2n) is 6.81. The van der Waals surface area contributed by atoms with Gasteiger partial charge in [0.1, 0.15) is 0 Å². The van der Waals surface area contributed by atoms with Crippen LogP contribution in [0, 0.1) is 0 Å². The predicted octanol–water partition coefficient (Wildman–Crippen LogP) is 5.14. The van der Waals surface area contributed by atoms with Gasteiger partial charge in [-0.2, -0.15) is 0 Å². The fourth-order valence-electron chi connectivity index (χ4n) is 2.21. The van der Waals surface area contributed by atoms with Crippen molar-refractivity contribution in [1.29, 1.82) is 0 Å². The summed E-state index contributed by atoms with van der Waals surface area (Å²) in [6.07, 6.45) is 4.83. The maximum Gasteiger partial charge on any atom is 0.157 e. The molecular weight excluding hydrogens is 342 g/mol. The Morgan fingerprint density at radius 1 is 1.33 bits per heavy atom. The van der Waals surface area contributed by atoms with Crippen molar-refractivity contribution in [1.82, 2.24) is 4.72 Å². The van der Waals surface area contributed by atoms with Crippen LogP contribution in [0.3, 0.4) is 0 Å². The molecule has 0 spiro atoms. The van der Waals surface area contributed by atoms with Crippen LogP contribution >= 0.6 is 11.6 Å². The average molecular weight is 370 g/mol. The fraction of sp³-hybridized carbons (Fsp3) is 0.526. The van der Waals surface area contributed by atoms with Gasteiger partial charge in [-0.1, -0.05) is 55.6 Å². The zero-order valence-corrected chi connectivity index (χ0v) is 16.8. The number of carbonyl (C=O) groups excluding carboxylic acids is 1. The molecule has 0 unspecified atom stereocenters. The van der Waals surface area contributed by atoms with Gasteiger partial charge in [0.2, 0.25) is 0 Å². The summed E-state index contributed by atoms with van der Waals surface area (Å²) in [5.74, 6) is -0.0329. The molecule has 0 radical (unpaired) electrons. The number of nitrogens with one attached hydrogen (secondary N) is 1. The van der Waals surface area contributed by atoms with E-state index in [4.69, 9.17) is 11.6 Å². The van der Waals surface area contributed by atoms with E-state index in [0.29, 0.717) is 10.6 Å². The highest BCUT2D eigenvalue weighted by molar-refractivity contribution is 7.84. The Hall–Kier alpha value is -0.970. The molecule has 1 N–H and O–H groups in total. The Labute approximate surface area is 153 Å². The highest BCUT2D eigenvalue weighted by Gasteiger charge is 2.28. The number of unbranched alkanes of at least 4 members (excludes halogenated alkanes) is 2. The second kappa shape index (κ2) is 9.50. The number of hydrogen-bond acceptors (Lipinski definition) is 2. The molecule has 2 atom stereocenters. The summed E-state index contributed by atoms with van der Waals surface area (Å²) in [4.78, 5) is 12.2. The molecule has 1 rings (SSSR count). The molecule has 0 aliphatic rings. The quantitative estimate of drug-likeness (QED) is 0.509. The van der Waals surface area contributed by atoms with Gasteiger partial charge in [-0.15, -0.1) is 0 Å². The van der Waals surface area contributed by atoms with Crippen LogP contribution in [0.2, 0.25) is 5.02 Å². The third-order valence-corrected chi connectivity index (χ3v) is 5.54. The summed E-state index contributed by atoms with van der Waals surface area (Å²) >= 11 is 6.35. The molecule has 0 aliphatic carbocycles. The van der Waals surface area contributed by atoms with E-state index < -0.39 is 21.8 Å². The van der Waals surface area contributed by atoms with Gasteiger partial charge < -0.3 is 0 Å². The lowest BCUT2D eigenvalue weighted by Crippen LogP contribution is -2.37. The van der Waals surface area contributed by atoms with Gasteiger partial charge in [0, 0.05) is 10.6 Å². The number of ketones is 1. The topological polar surface area (TPSA) is 46.2 Å². The van der Waals surface area contributed by atoms with Crippen molar-refractivity contribution in [2.45, 2.75) is 64.7 Å². The number of carbonyl (C=O) groups is 1. The molecule has 0 aromatic heterocycles. The summed E-state index contributed by atoms with van der Waals surface area (Å²) in [5.41, 5.74) is 1.39. The van der Waals surface area contributed by atoms with Crippen LogP contribution in [-0.4, -0.2) is 14.7 Å². The van der Waals surface area contributed by atoms with Gasteiger partial charge in [-0.25, -0.2) is 8.93 Å². The lowest BCUT2D eigenvalue weighted by molar-refractivity contribution is -0.113. The highest BCUT2D eigenvalue weighted by Crippen LogP contribution is 2.30. The Morgan fingerprint density at radius 3 is 2.46 bits per heavy atom. The van der Waals surface area contributed by atoms with Crippen LogP contribution in [0.5, 0.6) is 0 Å². The number of allylic oxidation sites excluding steroid dienone is 1. The van der Waals surface area contributed by atoms with Crippen molar-refractivity contribution in [2.24, 2.45) is 0 Å². The van der Waals surface area contributed by atoms with Gasteiger partial charge >= 0.3 is 0 Å². The normalized spacial score (nSPS) is 15.2. The highest BCUT2D eigenvalue weighted by atomic mass is 35.5. The molecule has 0 bridgehead atoms. The van der Waals surface area contributed by atoms with Gasteiger partial charge in [0.15, 0.2) is 5.78 Å². The second-order valence-corrected chi connectivity index (χ2v) is 9.22. The third-order valence-electron chi connectivity index (χ3n) is 3.64. The largest absolute Gasteiger partial charge is 0.295 e. The van der Waals surface area contributed by atoms with E-state index in [0.717, 1.165) is 24.8 Å². The van der Waals surface area contributed by atoms with Crippen molar-refractivity contribution in [2.75, 3.05) is 0 Å². The van der Waals surface area contributed by atoms with E-state index in [1.165, 1.54) is 0 Å². The molecule has 1 aromatic rings. The number of Topliss-reactive ketones (excluding diaryl/α,β-unsaturated/α-hetero) is 1. The summed E-state index contributed by atoms with van der Waals surface area (Å²) in [6.45, 7) is 9.35. The van der Waals surface area contributed by atoms with Crippen molar-refractivity contribution in [3.05, 3.63) is 46.5 Å². The van der Waals surface area contributed by atoms with Gasteiger partial charge in [-0.05, 0) is 45.7 Å². The smallest absolute Gasteiger partial charge is 0.157 e. The molecule has 0 fully saturated rings. The van der Waals surface area contributed by atoms with E-state index in [1.807, 2.05) is 45.0 Å². The molecule has 0 aliphatic heterocycles. The molecule has 24 heavy (non-hydrogen) atoms. The first-order valence-electron chi connectivity index (χ1n) is 8.32. The van der Waals surface area contributed by atoms with Crippen LogP contribution in [0.15, 0.2) is 35.9 Å². The van der Waals surface area contributed by atoms with Crippen LogP contribution in [0.4, 0.5) is 0 Å². The van der Waals surface area contributed by atoms with Crippen LogP contribution in [0.25, 0.3) is 0 Å². The standard InChI is InChI=1S/C19H28ClNO2S/c1-6-7-8-11-15(14(2)22)18(21-24(23)19(3,4)5)16-12-9-10-13-17(16)20/h9-13,18,21H,6-8H2,1-5H3/b15-11+/t18-,24-/m1/s1. The predicted molar refractivity (Wildman–Crippen MR) is 104 cm³/mol. The lowest BCUT2D eigenvalue weighted by atomic mass is 9.95. The Morgan fingerprint density at radius 2 is 1.96 bits per heavy atom. The third kappa shape index (κ3) is 6.15. The molecule has 0 saturated heterocycles. The zero-order valence-electron chi connectivity index (χ0n) is 15.2. The Balaban J connectivity index is 3.30. The van der Waals surface area contributed by atoms with Crippen molar-refractivity contribution in [3.8, 4) is 0 Å². The molecule has 3 nitrogen and oxygen atoms in total. The molecule has 0 heterocycles. The number of rotatable bonds is 8. The van der Waals surface area contributed by atoms with Crippen molar-refractivity contribution < 1.29 is 9.00 Å². The minimum absolute atomic E-state index is 0.0329. The van der Waals surface area contributed by atoms with Crippen LogP contribution in [-0.2, 0) is 15.8 Å². The van der Waals surface area contributed by atoms with E-state index >= 15 is 0 Å². The lowest BCUT2D eigenvalue weighted by Gasteiger charge is -2.26. The maximum atomic E-state index is 12.6. The van der Waals surface area contributed by atoms with Gasteiger partial charge in [-0.3, -0.25) is 4.79 Å². The Bertz CT molecular complexity index is 620. The molecule has 5 heteroatoms. The summed E-state index contributed by atoms with van der Waals surface area (Å²) in [7, 11) is -1.32. The maximum absolute atomic E-state index is 12.6. The first kappa shape index (κ1) is 21.1. The molecular formula is C19H28ClNO2S. The average Bonchev–Trinajstić information content (AvgIpc) is 2.49. The number of hydrogen-bond donors (Lipinski definition) is 1. The summed E-state index contributed by atoms with van der Waals surface area (Å²) < 4.78 is 15.3. The van der Waals surface area contributed by atoms with Crippen LogP contribution in [0.1, 0.15) is 65.5 Å². The zero-order chi connectivity index (χ0) is 18.3. The van der Waals surface area contributed by atoms with Gasteiger partial charge in [0.25, 0.3) is 0 Å². The van der Waals surface area contributed by atoms with E-state index in [-0.39, 0.29) is 5.78 Å². The summed E-state index contributed by atoms with van der Waals surface area (Å²) in [6, 6.07) is 6.90. The molecule has 1 aromatic carbocycles. The van der Waals surface area contributed by atoms with E-state index in [1.54, 1.807) is 13.0 Å². The SMILES string of the molecule is CCCC/C=C(\C(C)=O)[C@@H](N[S@](=O)C(C)(C)C)c1ccccc1Cl. The van der Waals surface area contributed by atoms with Crippen LogP contribution < -0.4 is 4.72 Å². The minimum Gasteiger partial charge on any atom is -0.295 e. The monoisotopic (exact) mass is 369 g/mol. The minimum atomic E-state index is -1.32. The fourth-order valence-corrected chi connectivity index (χ4v) is 3.28.